The molecule has 2 N–H and O–H groups in total. The van der Waals surface area contributed by atoms with Crippen LogP contribution >= 0.6 is 0 Å². The van der Waals surface area contributed by atoms with Crippen molar-refractivity contribution in [3.63, 3.8) is 0 Å². The Morgan fingerprint density at radius 1 is 1.29 bits per heavy atom. The van der Waals surface area contributed by atoms with Crippen LogP contribution in [0.15, 0.2) is 30.6 Å². The summed E-state index contributed by atoms with van der Waals surface area (Å²) < 4.78 is 0. The van der Waals surface area contributed by atoms with Crippen LogP contribution in [-0.2, 0) is 15.0 Å². The Hall–Kier alpha value is -3.54. The van der Waals surface area contributed by atoms with Gasteiger partial charge in [-0.3, -0.25) is 19.5 Å². The number of hydrogen-bond donors (Lipinski definition) is 2. The lowest BCUT2D eigenvalue weighted by molar-refractivity contribution is -0.125. The maximum atomic E-state index is 13.0. The van der Waals surface area contributed by atoms with E-state index in [0.717, 1.165) is 12.8 Å². The number of nitrogens with one attached hydrogen (secondary N) is 2. The summed E-state index contributed by atoms with van der Waals surface area (Å²) in [5, 5.41) is 15.4. The Morgan fingerprint density at radius 3 is 2.68 bits per heavy atom. The summed E-state index contributed by atoms with van der Waals surface area (Å²) in [7, 11) is 1.60. The lowest BCUT2D eigenvalue weighted by atomic mass is 9.83. The summed E-state index contributed by atoms with van der Waals surface area (Å²) in [6.07, 6.45) is 5.60. The second kappa shape index (κ2) is 7.61. The maximum Gasteiger partial charge on any atom is 0.248 e. The summed E-state index contributed by atoms with van der Waals surface area (Å²) in [6, 6.07) is 7.55. The maximum absolute atomic E-state index is 13.0. The number of rotatable bonds is 6. The molecule has 3 heterocycles. The Balaban J connectivity index is 1.50. The van der Waals surface area contributed by atoms with Gasteiger partial charge < -0.3 is 10.6 Å². The quantitative estimate of drug-likeness (QED) is 0.736. The molecule has 0 radical (unpaired) electrons. The van der Waals surface area contributed by atoms with Crippen LogP contribution in [0.3, 0.4) is 0 Å². The third-order valence-corrected chi connectivity index (χ3v) is 6.20. The number of carbonyl (C=O) groups excluding carboxylic acids is 2. The molecule has 2 amide bonds. The van der Waals surface area contributed by atoms with Crippen LogP contribution in [0.4, 0.5) is 17.5 Å². The van der Waals surface area contributed by atoms with Gasteiger partial charge in [0, 0.05) is 19.8 Å². The Morgan fingerprint density at radius 2 is 2.06 bits per heavy atom. The number of hydrogen-bond acceptors (Lipinski definition) is 7. The highest BCUT2D eigenvalue weighted by Crippen LogP contribution is 2.51. The van der Waals surface area contributed by atoms with Crippen LogP contribution in [0.2, 0.25) is 0 Å². The van der Waals surface area contributed by atoms with Crippen molar-refractivity contribution in [2.24, 2.45) is 11.3 Å². The number of amides is 2. The predicted octanol–water partition coefficient (Wildman–Crippen LogP) is 2.30. The first-order valence-electron chi connectivity index (χ1n) is 10.3. The molecule has 1 aliphatic carbocycles. The molecule has 4 rings (SSSR count). The molecule has 2 aromatic rings. The lowest BCUT2D eigenvalue weighted by Gasteiger charge is -2.22. The molecule has 1 atom stereocenters. The molecule has 9 heteroatoms. The number of aromatic nitrogens is 3. The van der Waals surface area contributed by atoms with E-state index in [0.29, 0.717) is 36.1 Å². The average molecular weight is 419 g/mol. The van der Waals surface area contributed by atoms with Gasteiger partial charge >= 0.3 is 0 Å². The standard InChI is InChI=1S/C22H25N7O2/c1-21(2,18(30)24-3)16-7-6-15(12-26-16)27-20-25-10-8-17(28-20)29-11-9-22(13-23,19(29)31)14-4-5-14/h6-8,10,12,14H,4-5,9,11H2,1-3H3,(H,24,30)(H,25,27,28)/t22-/m1/s1. The van der Waals surface area contributed by atoms with Gasteiger partial charge in [-0.25, -0.2) is 4.98 Å². The van der Waals surface area contributed by atoms with Crippen molar-refractivity contribution in [3.8, 4) is 6.07 Å². The Kier molecular flexibility index (Phi) is 5.09. The molecule has 160 valence electrons. The topological polar surface area (TPSA) is 124 Å². The number of nitrogens with zero attached hydrogens (tertiary/aromatic N) is 5. The first kappa shape index (κ1) is 20.7. The SMILES string of the molecule is CNC(=O)C(C)(C)c1ccc(Nc2nccc(N3CC[C@@](C#N)(C4CC4)C3=O)n2)cn1. The van der Waals surface area contributed by atoms with Gasteiger partial charge in [0.25, 0.3) is 0 Å². The molecule has 1 saturated heterocycles. The average Bonchev–Trinajstić information content (AvgIpc) is 3.57. The molecule has 2 fully saturated rings. The third-order valence-electron chi connectivity index (χ3n) is 6.20. The monoisotopic (exact) mass is 419 g/mol. The minimum Gasteiger partial charge on any atom is -0.358 e. The van der Waals surface area contributed by atoms with E-state index < -0.39 is 10.8 Å². The summed E-state index contributed by atoms with van der Waals surface area (Å²) in [5.74, 6) is 0.686. The van der Waals surface area contributed by atoms with Gasteiger partial charge in [-0.15, -0.1) is 0 Å². The van der Waals surface area contributed by atoms with Crippen molar-refractivity contribution >= 4 is 29.3 Å². The van der Waals surface area contributed by atoms with Crippen molar-refractivity contribution in [1.29, 1.82) is 5.26 Å². The summed E-state index contributed by atoms with van der Waals surface area (Å²) >= 11 is 0. The molecular formula is C22H25N7O2. The highest BCUT2D eigenvalue weighted by atomic mass is 16.2. The number of pyridine rings is 1. The van der Waals surface area contributed by atoms with Crippen molar-refractivity contribution in [2.75, 3.05) is 23.8 Å². The van der Waals surface area contributed by atoms with E-state index >= 15 is 0 Å². The molecule has 0 unspecified atom stereocenters. The molecule has 0 spiro atoms. The van der Waals surface area contributed by atoms with Gasteiger partial charge in [-0.2, -0.15) is 10.2 Å². The van der Waals surface area contributed by atoms with Crippen LogP contribution in [0.25, 0.3) is 0 Å². The van der Waals surface area contributed by atoms with Crippen molar-refractivity contribution in [1.82, 2.24) is 20.3 Å². The molecule has 1 aliphatic heterocycles. The van der Waals surface area contributed by atoms with E-state index in [9.17, 15) is 14.9 Å². The molecule has 2 aromatic heterocycles. The minimum absolute atomic E-state index is 0.119. The van der Waals surface area contributed by atoms with Gasteiger partial charge in [0.15, 0.2) is 0 Å². The molecule has 31 heavy (non-hydrogen) atoms. The molecule has 0 bridgehead atoms. The zero-order valence-corrected chi connectivity index (χ0v) is 17.8. The van der Waals surface area contributed by atoms with Crippen molar-refractivity contribution < 1.29 is 9.59 Å². The smallest absolute Gasteiger partial charge is 0.248 e. The second-order valence-electron chi connectivity index (χ2n) is 8.56. The Bertz CT molecular complexity index is 1060. The highest BCUT2D eigenvalue weighted by Gasteiger charge is 2.57. The lowest BCUT2D eigenvalue weighted by Crippen LogP contribution is -2.38. The molecule has 2 aliphatic rings. The van der Waals surface area contributed by atoms with E-state index in [2.05, 4.69) is 31.7 Å². The van der Waals surface area contributed by atoms with Crippen LogP contribution in [0.1, 0.15) is 38.8 Å². The van der Waals surface area contributed by atoms with Crippen LogP contribution in [0, 0.1) is 22.7 Å². The van der Waals surface area contributed by atoms with E-state index in [1.165, 1.54) is 0 Å². The van der Waals surface area contributed by atoms with E-state index in [4.69, 9.17) is 0 Å². The fourth-order valence-corrected chi connectivity index (χ4v) is 4.06. The van der Waals surface area contributed by atoms with Gasteiger partial charge in [0.1, 0.15) is 11.2 Å². The van der Waals surface area contributed by atoms with Crippen LogP contribution < -0.4 is 15.5 Å². The fraction of sp³-hybridized carbons (Fsp3) is 0.455. The van der Waals surface area contributed by atoms with E-state index in [-0.39, 0.29) is 17.7 Å². The Labute approximate surface area is 180 Å². The van der Waals surface area contributed by atoms with E-state index in [1.807, 2.05) is 13.8 Å². The number of nitriles is 1. The highest BCUT2D eigenvalue weighted by molar-refractivity contribution is 6.01. The zero-order chi connectivity index (χ0) is 22.2. The molecular weight excluding hydrogens is 394 g/mol. The third kappa shape index (κ3) is 3.58. The van der Waals surface area contributed by atoms with E-state index in [1.54, 1.807) is 42.5 Å². The van der Waals surface area contributed by atoms with Crippen molar-refractivity contribution in [3.05, 3.63) is 36.3 Å². The van der Waals surface area contributed by atoms with Crippen molar-refractivity contribution in [2.45, 2.75) is 38.5 Å². The fourth-order valence-electron chi connectivity index (χ4n) is 4.06. The zero-order valence-electron chi connectivity index (χ0n) is 17.8. The van der Waals surface area contributed by atoms with Crippen LogP contribution in [-0.4, -0.2) is 40.4 Å². The largest absolute Gasteiger partial charge is 0.358 e. The van der Waals surface area contributed by atoms with Gasteiger partial charge in [0.05, 0.1) is 29.1 Å². The van der Waals surface area contributed by atoms with Gasteiger partial charge in [0.2, 0.25) is 17.8 Å². The molecule has 1 saturated carbocycles. The first-order valence-corrected chi connectivity index (χ1v) is 10.3. The number of likely N-dealkylation sites (N-methyl/N-ethyl adjacent to an activating group) is 1. The molecule has 0 aromatic carbocycles. The molecule has 9 nitrogen and oxygen atoms in total. The van der Waals surface area contributed by atoms with Crippen LogP contribution in [0.5, 0.6) is 0 Å². The number of anilines is 3. The normalized spacial score (nSPS) is 21.0. The number of carbonyl (C=O) groups is 2. The first-order chi connectivity index (χ1) is 14.8. The summed E-state index contributed by atoms with van der Waals surface area (Å²) in [6.45, 7) is 4.10. The second-order valence-corrected chi connectivity index (χ2v) is 8.56. The summed E-state index contributed by atoms with van der Waals surface area (Å²) in [4.78, 5) is 39.8. The van der Waals surface area contributed by atoms with Gasteiger partial charge in [-0.1, -0.05) is 0 Å². The van der Waals surface area contributed by atoms with Gasteiger partial charge in [-0.05, 0) is 57.2 Å². The predicted molar refractivity (Wildman–Crippen MR) is 114 cm³/mol. The summed E-state index contributed by atoms with van der Waals surface area (Å²) in [5.41, 5.74) is -0.363. The minimum atomic E-state index is -0.907.